The first-order valence-corrected chi connectivity index (χ1v) is 9.59. The van der Waals surface area contributed by atoms with Crippen LogP contribution in [0.2, 0.25) is 0 Å². The van der Waals surface area contributed by atoms with Crippen molar-refractivity contribution in [3.05, 3.63) is 59.7 Å². The minimum Gasteiger partial charge on any atom is -0.490 e. The van der Waals surface area contributed by atoms with Gasteiger partial charge in [0, 0.05) is 6.54 Å². The molecule has 0 amide bonds. The maximum absolute atomic E-state index is 12.2. The minimum absolute atomic E-state index is 0.0385. The fourth-order valence-corrected chi connectivity index (χ4v) is 3.36. The van der Waals surface area contributed by atoms with Crippen LogP contribution >= 0.6 is 0 Å². The summed E-state index contributed by atoms with van der Waals surface area (Å²) < 4.78 is 38.1. The molecule has 0 fully saturated rings. The number of sulfonamides is 1. The van der Waals surface area contributed by atoms with Gasteiger partial charge in [0.05, 0.1) is 19.0 Å². The van der Waals surface area contributed by atoms with Crippen LogP contribution in [0, 0.1) is 0 Å². The molecular weight excluding hydrogens is 326 g/mol. The van der Waals surface area contributed by atoms with Crippen molar-refractivity contribution in [3.8, 4) is 11.5 Å². The van der Waals surface area contributed by atoms with E-state index in [4.69, 9.17) is 9.47 Å². The van der Waals surface area contributed by atoms with E-state index in [0.29, 0.717) is 24.7 Å². The number of benzene rings is 2. The van der Waals surface area contributed by atoms with E-state index < -0.39 is 10.0 Å². The fraction of sp³-hybridized carbons (Fsp3) is 0.333. The van der Waals surface area contributed by atoms with Gasteiger partial charge in [-0.2, -0.15) is 0 Å². The highest BCUT2D eigenvalue weighted by Gasteiger charge is 2.12. The zero-order chi connectivity index (χ0) is 17.4. The van der Waals surface area contributed by atoms with Gasteiger partial charge in [-0.3, -0.25) is 0 Å². The van der Waals surface area contributed by atoms with Crippen LogP contribution in [0.3, 0.4) is 0 Å². The SMILES string of the molecule is CCOc1ccc(CNS(=O)(=O)Cc2ccccc2)cc1OCC. The van der Waals surface area contributed by atoms with Crippen molar-refractivity contribution in [2.45, 2.75) is 26.1 Å². The number of ether oxygens (including phenoxy) is 2. The van der Waals surface area contributed by atoms with Crippen molar-refractivity contribution in [2.75, 3.05) is 13.2 Å². The molecule has 0 atom stereocenters. The van der Waals surface area contributed by atoms with Crippen LogP contribution in [-0.4, -0.2) is 21.6 Å². The van der Waals surface area contributed by atoms with Gasteiger partial charge < -0.3 is 9.47 Å². The van der Waals surface area contributed by atoms with E-state index in [0.717, 1.165) is 11.1 Å². The van der Waals surface area contributed by atoms with Crippen molar-refractivity contribution in [1.82, 2.24) is 4.72 Å². The second-order valence-corrected chi connectivity index (χ2v) is 7.02. The van der Waals surface area contributed by atoms with Crippen LogP contribution in [0.15, 0.2) is 48.5 Å². The van der Waals surface area contributed by atoms with Gasteiger partial charge in [0.1, 0.15) is 0 Å². The van der Waals surface area contributed by atoms with Crippen LogP contribution in [0.4, 0.5) is 0 Å². The molecule has 6 heteroatoms. The first kappa shape index (κ1) is 18.3. The predicted molar refractivity (Wildman–Crippen MR) is 94.7 cm³/mol. The molecule has 0 aromatic heterocycles. The van der Waals surface area contributed by atoms with E-state index in [2.05, 4.69) is 4.72 Å². The summed E-state index contributed by atoms with van der Waals surface area (Å²) in [6.07, 6.45) is 0. The quantitative estimate of drug-likeness (QED) is 0.755. The second-order valence-electron chi connectivity index (χ2n) is 5.21. The van der Waals surface area contributed by atoms with E-state index in [1.807, 2.05) is 38.1 Å². The van der Waals surface area contributed by atoms with Gasteiger partial charge in [0.2, 0.25) is 10.0 Å². The van der Waals surface area contributed by atoms with Crippen LogP contribution in [0.25, 0.3) is 0 Å². The maximum Gasteiger partial charge on any atom is 0.216 e. The molecule has 2 aromatic carbocycles. The summed E-state index contributed by atoms with van der Waals surface area (Å²) in [5, 5.41) is 0. The summed E-state index contributed by atoms with van der Waals surface area (Å²) >= 11 is 0. The van der Waals surface area contributed by atoms with Crippen molar-refractivity contribution in [2.24, 2.45) is 0 Å². The highest BCUT2D eigenvalue weighted by atomic mass is 32.2. The highest BCUT2D eigenvalue weighted by molar-refractivity contribution is 7.88. The summed E-state index contributed by atoms with van der Waals surface area (Å²) in [5.41, 5.74) is 1.57. The Bertz CT molecular complexity index is 745. The molecule has 0 aliphatic carbocycles. The normalized spacial score (nSPS) is 11.2. The van der Waals surface area contributed by atoms with Crippen molar-refractivity contribution >= 4 is 10.0 Å². The van der Waals surface area contributed by atoms with E-state index in [1.165, 1.54) is 0 Å². The van der Waals surface area contributed by atoms with Crippen LogP contribution in [-0.2, 0) is 22.3 Å². The van der Waals surface area contributed by atoms with Gasteiger partial charge in [-0.25, -0.2) is 13.1 Å². The topological polar surface area (TPSA) is 64.6 Å². The Balaban J connectivity index is 2.04. The van der Waals surface area contributed by atoms with E-state index in [1.54, 1.807) is 24.3 Å². The summed E-state index contributed by atoms with van der Waals surface area (Å²) in [4.78, 5) is 0. The standard InChI is InChI=1S/C18H23NO4S/c1-3-22-17-11-10-16(12-18(17)23-4-2)13-19-24(20,21)14-15-8-6-5-7-9-15/h5-12,19H,3-4,13-14H2,1-2H3. The van der Waals surface area contributed by atoms with Gasteiger partial charge >= 0.3 is 0 Å². The summed E-state index contributed by atoms with van der Waals surface area (Å²) in [6, 6.07) is 14.5. The Hall–Kier alpha value is -2.05. The van der Waals surface area contributed by atoms with E-state index >= 15 is 0 Å². The molecule has 24 heavy (non-hydrogen) atoms. The van der Waals surface area contributed by atoms with Crippen LogP contribution < -0.4 is 14.2 Å². The molecule has 2 aromatic rings. The van der Waals surface area contributed by atoms with Gasteiger partial charge in [-0.05, 0) is 37.1 Å². The average molecular weight is 349 g/mol. The molecule has 0 aliphatic heterocycles. The summed E-state index contributed by atoms with van der Waals surface area (Å²) in [7, 11) is -3.40. The predicted octanol–water partition coefficient (Wildman–Crippen LogP) is 3.10. The third-order valence-electron chi connectivity index (χ3n) is 3.30. The van der Waals surface area contributed by atoms with Gasteiger partial charge in [0.15, 0.2) is 11.5 Å². The van der Waals surface area contributed by atoms with Crippen molar-refractivity contribution in [1.29, 1.82) is 0 Å². The van der Waals surface area contributed by atoms with Crippen molar-refractivity contribution < 1.29 is 17.9 Å². The maximum atomic E-state index is 12.2. The number of nitrogens with one attached hydrogen (secondary N) is 1. The molecular formula is C18H23NO4S. The molecule has 0 spiro atoms. The van der Waals surface area contributed by atoms with Gasteiger partial charge in [0.25, 0.3) is 0 Å². The molecule has 0 unspecified atom stereocenters. The Kier molecular flexibility index (Phi) is 6.63. The highest BCUT2D eigenvalue weighted by Crippen LogP contribution is 2.28. The zero-order valence-corrected chi connectivity index (χ0v) is 14.8. The average Bonchev–Trinajstić information content (AvgIpc) is 2.56. The molecule has 0 aliphatic rings. The zero-order valence-electron chi connectivity index (χ0n) is 14.0. The molecule has 5 nitrogen and oxygen atoms in total. The summed E-state index contributed by atoms with van der Waals surface area (Å²) in [6.45, 7) is 5.07. The first-order valence-electron chi connectivity index (χ1n) is 7.94. The molecule has 0 heterocycles. The molecule has 130 valence electrons. The molecule has 0 radical (unpaired) electrons. The number of hydrogen-bond acceptors (Lipinski definition) is 4. The number of hydrogen-bond donors (Lipinski definition) is 1. The van der Waals surface area contributed by atoms with E-state index in [-0.39, 0.29) is 12.3 Å². The third kappa shape index (κ3) is 5.54. The second kappa shape index (κ2) is 8.70. The smallest absolute Gasteiger partial charge is 0.216 e. The lowest BCUT2D eigenvalue weighted by molar-refractivity contribution is 0.287. The molecule has 1 N–H and O–H groups in total. The number of rotatable bonds is 9. The van der Waals surface area contributed by atoms with Gasteiger partial charge in [-0.15, -0.1) is 0 Å². The Labute approximate surface area is 143 Å². The van der Waals surface area contributed by atoms with Gasteiger partial charge in [-0.1, -0.05) is 36.4 Å². The van der Waals surface area contributed by atoms with Crippen LogP contribution in [0.1, 0.15) is 25.0 Å². The lowest BCUT2D eigenvalue weighted by Crippen LogP contribution is -2.24. The third-order valence-corrected chi connectivity index (χ3v) is 4.60. The molecule has 0 saturated heterocycles. The lowest BCUT2D eigenvalue weighted by Gasteiger charge is -2.13. The first-order chi connectivity index (χ1) is 11.5. The lowest BCUT2D eigenvalue weighted by atomic mass is 10.2. The Morgan fingerprint density at radius 2 is 1.54 bits per heavy atom. The fourth-order valence-electron chi connectivity index (χ4n) is 2.24. The molecule has 2 rings (SSSR count). The molecule has 0 saturated carbocycles. The molecule has 0 bridgehead atoms. The Morgan fingerprint density at radius 3 is 2.21 bits per heavy atom. The largest absolute Gasteiger partial charge is 0.490 e. The van der Waals surface area contributed by atoms with E-state index in [9.17, 15) is 8.42 Å². The summed E-state index contributed by atoms with van der Waals surface area (Å²) in [5.74, 6) is 1.25. The van der Waals surface area contributed by atoms with Crippen LogP contribution in [0.5, 0.6) is 11.5 Å². The van der Waals surface area contributed by atoms with Crippen molar-refractivity contribution in [3.63, 3.8) is 0 Å². The minimum atomic E-state index is -3.40. The Morgan fingerprint density at radius 1 is 0.875 bits per heavy atom. The monoisotopic (exact) mass is 349 g/mol.